The molecule has 0 saturated carbocycles. The van der Waals surface area contributed by atoms with E-state index in [-0.39, 0.29) is 18.0 Å². The monoisotopic (exact) mass is 346 g/mol. The van der Waals surface area contributed by atoms with Gasteiger partial charge in [0.2, 0.25) is 0 Å². The molecule has 0 spiro atoms. The van der Waals surface area contributed by atoms with Gasteiger partial charge in [0.15, 0.2) is 11.5 Å². The lowest BCUT2D eigenvalue weighted by molar-refractivity contribution is -0.0644. The first-order valence-electron chi connectivity index (χ1n) is 7.73. The predicted octanol–water partition coefficient (Wildman–Crippen LogP) is 4.08. The minimum atomic E-state index is -1.05. The molecule has 0 fully saturated rings. The molecule has 1 unspecified atom stereocenters. The first-order valence-corrected chi connectivity index (χ1v) is 8.27. The van der Waals surface area contributed by atoms with Crippen LogP contribution in [0, 0.1) is 0 Å². The summed E-state index contributed by atoms with van der Waals surface area (Å²) in [5.41, 5.74) is 1.46. The number of benzene rings is 2. The highest BCUT2D eigenvalue weighted by atomic mass is 35.5. The summed E-state index contributed by atoms with van der Waals surface area (Å²) >= 11 is 6.14. The molecule has 1 atom stereocenters. The molecule has 2 aromatic carbocycles. The number of urea groups is 1. The van der Waals surface area contributed by atoms with Crippen molar-refractivity contribution in [1.82, 2.24) is 5.32 Å². The van der Waals surface area contributed by atoms with Gasteiger partial charge in [0.1, 0.15) is 5.88 Å². The third-order valence-electron chi connectivity index (χ3n) is 3.56. The zero-order valence-corrected chi connectivity index (χ0v) is 14.3. The van der Waals surface area contributed by atoms with Crippen LogP contribution in [-0.2, 0) is 5.79 Å². The lowest BCUT2D eigenvalue weighted by Crippen LogP contribution is -2.37. The molecule has 1 heterocycles. The van der Waals surface area contributed by atoms with Gasteiger partial charge in [0.25, 0.3) is 5.79 Å². The molecular weight excluding hydrogens is 328 g/mol. The Labute approximate surface area is 145 Å². The van der Waals surface area contributed by atoms with E-state index < -0.39 is 5.79 Å². The first kappa shape index (κ1) is 16.5. The van der Waals surface area contributed by atoms with Crippen LogP contribution in [-0.4, -0.2) is 18.0 Å². The van der Waals surface area contributed by atoms with Gasteiger partial charge in [0, 0.05) is 23.4 Å². The summed E-state index contributed by atoms with van der Waals surface area (Å²) in [5, 5.41) is 5.54. The lowest BCUT2D eigenvalue weighted by Gasteiger charge is -2.25. The Kier molecular flexibility index (Phi) is 4.53. The average Bonchev–Trinajstić information content (AvgIpc) is 2.94. The normalized spacial score (nSPS) is 18.5. The van der Waals surface area contributed by atoms with Crippen molar-refractivity contribution in [3.63, 3.8) is 0 Å². The Bertz CT molecular complexity index is 736. The van der Waals surface area contributed by atoms with Crippen molar-refractivity contribution in [2.75, 3.05) is 11.2 Å². The maximum atomic E-state index is 11.8. The zero-order valence-electron chi connectivity index (χ0n) is 13.5. The standard InChI is InChI=1S/C18H19ClN2O3/c1-12(2)20-17(22)21-14-8-9-15-16(10-14)24-18(11-19,23-15)13-6-4-3-5-7-13/h3-10,12H,11H2,1-2H3,(H2,20,21,22). The minimum Gasteiger partial charge on any atom is -0.443 e. The van der Waals surface area contributed by atoms with Crippen molar-refractivity contribution in [3.05, 3.63) is 54.1 Å². The maximum absolute atomic E-state index is 11.8. The molecule has 6 heteroatoms. The van der Waals surface area contributed by atoms with Gasteiger partial charge in [-0.2, -0.15) is 0 Å². The number of hydrogen-bond acceptors (Lipinski definition) is 3. The fraction of sp³-hybridized carbons (Fsp3) is 0.278. The van der Waals surface area contributed by atoms with Gasteiger partial charge in [-0.15, -0.1) is 11.6 Å². The van der Waals surface area contributed by atoms with Crippen molar-refractivity contribution in [2.24, 2.45) is 0 Å². The molecule has 0 aromatic heterocycles. The van der Waals surface area contributed by atoms with Crippen LogP contribution in [0.15, 0.2) is 48.5 Å². The van der Waals surface area contributed by atoms with Crippen LogP contribution in [0.2, 0.25) is 0 Å². The number of amides is 2. The summed E-state index contributed by atoms with van der Waals surface area (Å²) in [4.78, 5) is 11.8. The van der Waals surface area contributed by atoms with E-state index in [4.69, 9.17) is 21.1 Å². The highest BCUT2D eigenvalue weighted by Crippen LogP contribution is 2.45. The highest BCUT2D eigenvalue weighted by molar-refractivity contribution is 6.18. The third-order valence-corrected chi connectivity index (χ3v) is 3.91. The van der Waals surface area contributed by atoms with E-state index in [0.717, 1.165) is 5.56 Å². The number of rotatable bonds is 4. The molecule has 2 aromatic rings. The van der Waals surface area contributed by atoms with E-state index in [0.29, 0.717) is 17.2 Å². The third kappa shape index (κ3) is 3.26. The zero-order chi connectivity index (χ0) is 17.2. The van der Waals surface area contributed by atoms with Gasteiger partial charge < -0.3 is 20.1 Å². The predicted molar refractivity (Wildman–Crippen MR) is 93.8 cm³/mol. The Morgan fingerprint density at radius 2 is 1.83 bits per heavy atom. The molecule has 126 valence electrons. The topological polar surface area (TPSA) is 59.6 Å². The van der Waals surface area contributed by atoms with Crippen LogP contribution in [0.4, 0.5) is 10.5 Å². The number of anilines is 1. The van der Waals surface area contributed by atoms with Gasteiger partial charge >= 0.3 is 6.03 Å². The Morgan fingerprint density at radius 3 is 2.50 bits per heavy atom. The second-order valence-corrected chi connectivity index (χ2v) is 6.14. The van der Waals surface area contributed by atoms with Crippen LogP contribution >= 0.6 is 11.6 Å². The smallest absolute Gasteiger partial charge is 0.319 e. The molecule has 0 radical (unpaired) electrons. The van der Waals surface area contributed by atoms with Crippen LogP contribution in [0.1, 0.15) is 19.4 Å². The SMILES string of the molecule is CC(C)NC(=O)Nc1ccc2c(c1)OC(CCl)(c1ccccc1)O2. The molecule has 2 N–H and O–H groups in total. The largest absolute Gasteiger partial charge is 0.443 e. The second-order valence-electron chi connectivity index (χ2n) is 5.87. The van der Waals surface area contributed by atoms with E-state index in [1.807, 2.05) is 44.2 Å². The molecule has 3 rings (SSSR count). The quantitative estimate of drug-likeness (QED) is 0.820. The van der Waals surface area contributed by atoms with Gasteiger partial charge in [-0.05, 0) is 26.0 Å². The summed E-state index contributed by atoms with van der Waals surface area (Å²) < 4.78 is 12.0. The van der Waals surface area contributed by atoms with Crippen LogP contribution in [0.25, 0.3) is 0 Å². The van der Waals surface area contributed by atoms with E-state index in [2.05, 4.69) is 10.6 Å². The Morgan fingerprint density at radius 1 is 1.12 bits per heavy atom. The molecule has 5 nitrogen and oxygen atoms in total. The van der Waals surface area contributed by atoms with Gasteiger partial charge in [-0.25, -0.2) is 4.79 Å². The van der Waals surface area contributed by atoms with Crippen LogP contribution in [0.3, 0.4) is 0 Å². The number of ether oxygens (including phenoxy) is 2. The maximum Gasteiger partial charge on any atom is 0.319 e. The number of fused-ring (bicyclic) bond motifs is 1. The van der Waals surface area contributed by atoms with Gasteiger partial charge in [0.05, 0.1) is 0 Å². The van der Waals surface area contributed by atoms with Crippen LogP contribution in [0.5, 0.6) is 11.5 Å². The van der Waals surface area contributed by atoms with E-state index in [9.17, 15) is 4.79 Å². The number of halogens is 1. The minimum absolute atomic E-state index is 0.0565. The fourth-order valence-corrected chi connectivity index (χ4v) is 2.76. The highest BCUT2D eigenvalue weighted by Gasteiger charge is 2.43. The molecule has 2 amide bonds. The number of hydrogen-bond donors (Lipinski definition) is 2. The molecule has 0 saturated heterocycles. The Balaban J connectivity index is 1.81. The van der Waals surface area contributed by atoms with Gasteiger partial charge in [-0.3, -0.25) is 0 Å². The first-order chi connectivity index (χ1) is 11.5. The fourth-order valence-electron chi connectivity index (χ4n) is 2.50. The molecule has 1 aliphatic rings. The molecule has 0 bridgehead atoms. The van der Waals surface area contributed by atoms with Crippen molar-refractivity contribution < 1.29 is 14.3 Å². The van der Waals surface area contributed by atoms with Crippen molar-refractivity contribution in [1.29, 1.82) is 0 Å². The Hall–Kier alpha value is -2.40. The number of nitrogens with one attached hydrogen (secondary N) is 2. The average molecular weight is 347 g/mol. The van der Waals surface area contributed by atoms with Crippen molar-refractivity contribution in [3.8, 4) is 11.5 Å². The number of carbonyl (C=O) groups excluding carboxylic acids is 1. The van der Waals surface area contributed by atoms with Crippen molar-refractivity contribution in [2.45, 2.75) is 25.7 Å². The summed E-state index contributed by atoms with van der Waals surface area (Å²) in [5.74, 6) is 0.225. The molecular formula is C18H19ClN2O3. The lowest BCUT2D eigenvalue weighted by atomic mass is 10.1. The van der Waals surface area contributed by atoms with E-state index in [1.165, 1.54) is 0 Å². The molecule has 0 aliphatic carbocycles. The number of alkyl halides is 1. The number of carbonyl (C=O) groups is 1. The van der Waals surface area contributed by atoms with E-state index in [1.54, 1.807) is 18.2 Å². The van der Waals surface area contributed by atoms with Crippen molar-refractivity contribution >= 4 is 23.3 Å². The van der Waals surface area contributed by atoms with E-state index >= 15 is 0 Å². The summed E-state index contributed by atoms with van der Waals surface area (Å²) in [6.45, 7) is 3.79. The summed E-state index contributed by atoms with van der Waals surface area (Å²) in [6.07, 6.45) is 0. The second kappa shape index (κ2) is 6.61. The van der Waals surface area contributed by atoms with Gasteiger partial charge in [-0.1, -0.05) is 30.3 Å². The van der Waals surface area contributed by atoms with Crippen LogP contribution < -0.4 is 20.1 Å². The molecule has 1 aliphatic heterocycles. The molecule has 24 heavy (non-hydrogen) atoms. The summed E-state index contributed by atoms with van der Waals surface area (Å²) in [6, 6.07) is 14.6. The summed E-state index contributed by atoms with van der Waals surface area (Å²) in [7, 11) is 0.